The molecule has 1 saturated carbocycles. The van der Waals surface area contributed by atoms with Crippen molar-refractivity contribution in [2.75, 3.05) is 32.7 Å². The molecule has 2 aliphatic heterocycles. The van der Waals surface area contributed by atoms with Crippen LogP contribution in [0, 0.1) is 5.92 Å². The second kappa shape index (κ2) is 7.61. The zero-order valence-electron chi connectivity index (χ0n) is 16.5. The summed E-state index contributed by atoms with van der Waals surface area (Å²) >= 11 is 3.28. The molecule has 0 bridgehead atoms. The smallest absolute Gasteiger partial charge is 0.325 e. The number of nitrogens with one attached hydrogen (secondary N) is 1. The van der Waals surface area contributed by atoms with Crippen molar-refractivity contribution in [1.29, 1.82) is 0 Å². The Bertz CT molecular complexity index is 1000. The molecule has 4 rings (SSSR count). The Morgan fingerprint density at radius 3 is 2.47 bits per heavy atom. The zero-order chi connectivity index (χ0) is 21.7. The standard InChI is InChI=1S/C19H23BrN4O5S/c1-19(13-5-6-13)17(26)24(18(27)21-19)12-16(25)22-7-9-23(10-8-22)30(28,29)15-4-2-3-14(20)11-15/h2-4,11,13H,5-10,12H2,1H3,(H,21,27). The van der Waals surface area contributed by atoms with Crippen LogP contribution >= 0.6 is 15.9 Å². The van der Waals surface area contributed by atoms with Crippen LogP contribution in [0.1, 0.15) is 19.8 Å². The average Bonchev–Trinajstić information content (AvgIpc) is 3.54. The van der Waals surface area contributed by atoms with Gasteiger partial charge in [-0.3, -0.25) is 14.5 Å². The van der Waals surface area contributed by atoms with Gasteiger partial charge in [-0.1, -0.05) is 22.0 Å². The summed E-state index contributed by atoms with van der Waals surface area (Å²) in [6.07, 6.45) is 1.78. The molecule has 1 aromatic rings. The molecule has 4 amide bonds. The van der Waals surface area contributed by atoms with Gasteiger partial charge in [0.2, 0.25) is 15.9 Å². The monoisotopic (exact) mass is 498 g/mol. The largest absolute Gasteiger partial charge is 0.338 e. The molecule has 2 saturated heterocycles. The highest BCUT2D eigenvalue weighted by Crippen LogP contribution is 2.42. The molecule has 3 aliphatic rings. The molecule has 0 aromatic heterocycles. The van der Waals surface area contributed by atoms with Crippen LogP contribution in [0.5, 0.6) is 0 Å². The van der Waals surface area contributed by atoms with Crippen LogP contribution < -0.4 is 5.32 Å². The number of piperazine rings is 1. The maximum atomic E-state index is 12.8. The molecule has 30 heavy (non-hydrogen) atoms. The minimum absolute atomic E-state index is 0.126. The van der Waals surface area contributed by atoms with Crippen molar-refractivity contribution >= 4 is 43.8 Å². The summed E-state index contributed by atoms with van der Waals surface area (Å²) in [7, 11) is -3.65. The first-order valence-corrected chi connectivity index (χ1v) is 12.0. The molecule has 9 nitrogen and oxygen atoms in total. The van der Waals surface area contributed by atoms with E-state index in [1.807, 2.05) is 0 Å². The van der Waals surface area contributed by atoms with Crippen LogP contribution in [0.2, 0.25) is 0 Å². The van der Waals surface area contributed by atoms with Gasteiger partial charge in [0.15, 0.2) is 0 Å². The van der Waals surface area contributed by atoms with Crippen molar-refractivity contribution in [2.45, 2.75) is 30.2 Å². The minimum atomic E-state index is -3.65. The van der Waals surface area contributed by atoms with Crippen LogP contribution in [-0.4, -0.2) is 78.6 Å². The van der Waals surface area contributed by atoms with Crippen molar-refractivity contribution in [3.8, 4) is 0 Å². The second-order valence-corrected chi connectivity index (χ2v) is 10.9. The van der Waals surface area contributed by atoms with Gasteiger partial charge in [-0.2, -0.15) is 4.31 Å². The van der Waals surface area contributed by atoms with Gasteiger partial charge in [-0.25, -0.2) is 13.2 Å². The van der Waals surface area contributed by atoms with E-state index in [0.717, 1.165) is 17.7 Å². The molecule has 1 unspecified atom stereocenters. The third-order valence-corrected chi connectivity index (χ3v) is 8.40. The molecule has 0 radical (unpaired) electrons. The topological polar surface area (TPSA) is 107 Å². The number of carbonyl (C=O) groups is 3. The zero-order valence-corrected chi connectivity index (χ0v) is 18.9. The van der Waals surface area contributed by atoms with Gasteiger partial charge in [0.05, 0.1) is 4.90 Å². The summed E-state index contributed by atoms with van der Waals surface area (Å²) in [5.74, 6) is -0.599. The average molecular weight is 499 g/mol. The number of benzene rings is 1. The summed E-state index contributed by atoms with van der Waals surface area (Å²) in [6, 6.07) is 5.94. The number of nitrogens with zero attached hydrogens (tertiary/aromatic N) is 3. The van der Waals surface area contributed by atoms with E-state index in [9.17, 15) is 22.8 Å². The highest BCUT2D eigenvalue weighted by molar-refractivity contribution is 9.10. The van der Waals surface area contributed by atoms with Gasteiger partial charge in [0.25, 0.3) is 5.91 Å². The fourth-order valence-corrected chi connectivity index (χ4v) is 6.01. The fraction of sp³-hybridized carbons (Fsp3) is 0.526. The second-order valence-electron chi connectivity index (χ2n) is 8.04. The first-order valence-electron chi connectivity index (χ1n) is 9.80. The SMILES string of the molecule is CC1(C2CC2)NC(=O)N(CC(=O)N2CCN(S(=O)(=O)c3cccc(Br)c3)CC2)C1=O. The predicted molar refractivity (Wildman–Crippen MR) is 111 cm³/mol. The van der Waals surface area contributed by atoms with Crippen LogP contribution in [0.4, 0.5) is 4.79 Å². The number of carbonyl (C=O) groups excluding carboxylic acids is 3. The molecule has 0 spiro atoms. The van der Waals surface area contributed by atoms with Gasteiger partial charge >= 0.3 is 6.03 Å². The lowest BCUT2D eigenvalue weighted by Crippen LogP contribution is -2.53. The third kappa shape index (κ3) is 3.74. The summed E-state index contributed by atoms with van der Waals surface area (Å²) in [5.41, 5.74) is -0.923. The molecule has 1 atom stereocenters. The number of hydrogen-bond donors (Lipinski definition) is 1. The molecular formula is C19H23BrN4O5S. The maximum Gasteiger partial charge on any atom is 0.325 e. The molecule has 3 fully saturated rings. The quantitative estimate of drug-likeness (QED) is 0.609. The van der Waals surface area contributed by atoms with Gasteiger partial charge < -0.3 is 10.2 Å². The Hall–Kier alpha value is -1.98. The summed E-state index contributed by atoms with van der Waals surface area (Å²) in [4.78, 5) is 40.3. The van der Waals surface area contributed by atoms with E-state index in [1.165, 1.54) is 15.3 Å². The van der Waals surface area contributed by atoms with Gasteiger partial charge in [-0.15, -0.1) is 0 Å². The maximum absolute atomic E-state index is 12.8. The highest BCUT2D eigenvalue weighted by Gasteiger charge is 2.56. The van der Waals surface area contributed by atoms with Gasteiger partial charge in [-0.05, 0) is 43.9 Å². The normalized spacial score (nSPS) is 25.5. The summed E-state index contributed by atoms with van der Waals surface area (Å²) in [5, 5.41) is 2.73. The lowest BCUT2D eigenvalue weighted by molar-refractivity contribution is -0.139. The van der Waals surface area contributed by atoms with E-state index < -0.39 is 21.6 Å². The van der Waals surface area contributed by atoms with E-state index in [0.29, 0.717) is 4.47 Å². The molecule has 1 N–H and O–H groups in total. The number of hydrogen-bond acceptors (Lipinski definition) is 5. The van der Waals surface area contributed by atoms with E-state index in [4.69, 9.17) is 0 Å². The summed E-state index contributed by atoms with van der Waals surface area (Å²) < 4.78 is 27.6. The molecule has 2 heterocycles. The van der Waals surface area contributed by atoms with Crippen LogP contribution in [0.15, 0.2) is 33.6 Å². The van der Waals surface area contributed by atoms with Crippen molar-refractivity contribution in [1.82, 2.24) is 19.4 Å². The van der Waals surface area contributed by atoms with E-state index >= 15 is 0 Å². The number of amides is 4. The molecular weight excluding hydrogens is 476 g/mol. The van der Waals surface area contributed by atoms with Crippen molar-refractivity contribution < 1.29 is 22.8 Å². The first-order chi connectivity index (χ1) is 14.1. The van der Waals surface area contributed by atoms with Crippen LogP contribution in [0.25, 0.3) is 0 Å². The number of imide groups is 1. The number of rotatable bonds is 5. The Kier molecular flexibility index (Phi) is 5.39. The number of halogens is 1. The first kappa shape index (κ1) is 21.3. The number of sulfonamides is 1. The Morgan fingerprint density at radius 2 is 1.87 bits per heavy atom. The van der Waals surface area contributed by atoms with E-state index in [-0.39, 0.29) is 55.4 Å². The van der Waals surface area contributed by atoms with E-state index in [1.54, 1.807) is 25.1 Å². The third-order valence-electron chi connectivity index (χ3n) is 6.01. The Labute approximate surface area is 183 Å². The van der Waals surface area contributed by atoms with Crippen molar-refractivity contribution in [2.24, 2.45) is 5.92 Å². The lowest BCUT2D eigenvalue weighted by Gasteiger charge is -2.34. The minimum Gasteiger partial charge on any atom is -0.338 e. The van der Waals surface area contributed by atoms with Crippen LogP contribution in [0.3, 0.4) is 0 Å². The van der Waals surface area contributed by atoms with E-state index in [2.05, 4.69) is 21.2 Å². The molecule has 162 valence electrons. The molecule has 1 aromatic carbocycles. The summed E-state index contributed by atoms with van der Waals surface area (Å²) in [6.45, 7) is 2.10. The lowest BCUT2D eigenvalue weighted by atomic mass is 9.96. The Balaban J connectivity index is 1.37. The van der Waals surface area contributed by atoms with Crippen LogP contribution in [-0.2, 0) is 19.6 Å². The highest BCUT2D eigenvalue weighted by atomic mass is 79.9. The van der Waals surface area contributed by atoms with Gasteiger partial charge in [0.1, 0.15) is 12.1 Å². The predicted octanol–water partition coefficient (Wildman–Crippen LogP) is 1.00. The Morgan fingerprint density at radius 1 is 1.20 bits per heavy atom. The van der Waals surface area contributed by atoms with Gasteiger partial charge in [0, 0.05) is 30.7 Å². The molecule has 1 aliphatic carbocycles. The molecule has 11 heteroatoms. The number of urea groups is 1. The van der Waals surface area contributed by atoms with Crippen molar-refractivity contribution in [3.63, 3.8) is 0 Å². The fourth-order valence-electron chi connectivity index (χ4n) is 3.99. The van der Waals surface area contributed by atoms with Crippen molar-refractivity contribution in [3.05, 3.63) is 28.7 Å².